The monoisotopic (exact) mass is 413 g/mol. The lowest BCUT2D eigenvalue weighted by Crippen LogP contribution is -2.33. The van der Waals surface area contributed by atoms with Crippen LogP contribution < -0.4 is 4.74 Å². The molecule has 4 aromatic rings. The van der Waals surface area contributed by atoms with E-state index in [1.807, 2.05) is 54.8 Å². The highest BCUT2D eigenvalue weighted by Gasteiger charge is 2.31. The summed E-state index contributed by atoms with van der Waals surface area (Å²) in [6.07, 6.45) is 1.69. The summed E-state index contributed by atoms with van der Waals surface area (Å²) in [5, 5.41) is 1.17. The van der Waals surface area contributed by atoms with Crippen LogP contribution in [0.1, 0.15) is 39.6 Å². The van der Waals surface area contributed by atoms with Crippen LogP contribution in [-0.4, -0.2) is 26.6 Å². The van der Waals surface area contributed by atoms with Gasteiger partial charge in [-0.25, -0.2) is 0 Å². The predicted molar refractivity (Wildman–Crippen MR) is 122 cm³/mol. The fraction of sp³-hybridized carbons (Fsp3) is 0.308. The number of aryl methyl sites for hydroxylation is 2. The van der Waals surface area contributed by atoms with E-state index in [0.717, 1.165) is 42.1 Å². The van der Waals surface area contributed by atoms with Gasteiger partial charge in [0.1, 0.15) is 12.4 Å². The standard InChI is InChI=1S/C26H27N3O2/c1-17-22-11-7-8-12-24(22)29-23(17)14-13-21(26(29)30)16-31-25-18(2)28(19(3)27-25)15-20-9-5-4-6-10-20/h4-12,21H,13-16H2,1-3H3. The summed E-state index contributed by atoms with van der Waals surface area (Å²) < 4.78 is 10.2. The number of aromatic nitrogens is 3. The van der Waals surface area contributed by atoms with Gasteiger partial charge >= 0.3 is 0 Å². The lowest BCUT2D eigenvalue weighted by atomic mass is 9.96. The first kappa shape index (κ1) is 19.6. The molecule has 0 bridgehead atoms. The van der Waals surface area contributed by atoms with Crippen LogP contribution in [0.4, 0.5) is 0 Å². The highest BCUT2D eigenvalue weighted by atomic mass is 16.5. The van der Waals surface area contributed by atoms with E-state index in [0.29, 0.717) is 12.5 Å². The van der Waals surface area contributed by atoms with E-state index >= 15 is 0 Å². The first-order chi connectivity index (χ1) is 15.0. The molecule has 1 unspecified atom stereocenters. The number of nitrogens with zero attached hydrogens (tertiary/aromatic N) is 3. The van der Waals surface area contributed by atoms with E-state index in [1.54, 1.807) is 0 Å². The lowest BCUT2D eigenvalue weighted by molar-refractivity contribution is 0.0753. The van der Waals surface area contributed by atoms with Crippen molar-refractivity contribution < 1.29 is 9.53 Å². The van der Waals surface area contributed by atoms with Crippen molar-refractivity contribution in [2.45, 2.75) is 40.2 Å². The Hall–Kier alpha value is -3.34. The molecule has 0 aliphatic carbocycles. The van der Waals surface area contributed by atoms with Crippen LogP contribution in [0.2, 0.25) is 0 Å². The molecule has 1 atom stereocenters. The van der Waals surface area contributed by atoms with E-state index < -0.39 is 0 Å². The van der Waals surface area contributed by atoms with Gasteiger partial charge in [0.2, 0.25) is 11.8 Å². The fourth-order valence-corrected chi connectivity index (χ4v) is 4.74. The fourth-order valence-electron chi connectivity index (χ4n) is 4.74. The van der Waals surface area contributed by atoms with Crippen LogP contribution in [-0.2, 0) is 13.0 Å². The van der Waals surface area contributed by atoms with E-state index in [4.69, 9.17) is 4.74 Å². The quantitative estimate of drug-likeness (QED) is 0.458. The number of fused-ring (bicyclic) bond motifs is 3. The molecule has 5 heteroatoms. The second-order valence-electron chi connectivity index (χ2n) is 8.43. The third-order valence-electron chi connectivity index (χ3n) is 6.52. The number of hydrogen-bond donors (Lipinski definition) is 0. The van der Waals surface area contributed by atoms with Gasteiger partial charge in [0.05, 0.1) is 17.1 Å². The number of carbonyl (C=O) groups is 1. The van der Waals surface area contributed by atoms with Crippen molar-refractivity contribution >= 4 is 16.8 Å². The summed E-state index contributed by atoms with van der Waals surface area (Å²) in [5.41, 5.74) is 5.58. The highest BCUT2D eigenvalue weighted by Crippen LogP contribution is 2.32. The normalized spacial score (nSPS) is 16.0. The Morgan fingerprint density at radius 2 is 1.77 bits per heavy atom. The number of para-hydroxylation sites is 1. The van der Waals surface area contributed by atoms with E-state index in [-0.39, 0.29) is 11.8 Å². The van der Waals surface area contributed by atoms with Crippen LogP contribution in [0.15, 0.2) is 54.6 Å². The van der Waals surface area contributed by atoms with Crippen molar-refractivity contribution in [1.82, 2.24) is 14.1 Å². The lowest BCUT2D eigenvalue weighted by Gasteiger charge is -2.24. The molecular weight excluding hydrogens is 386 g/mol. The molecule has 3 heterocycles. The Kier molecular flexibility index (Phi) is 4.89. The summed E-state index contributed by atoms with van der Waals surface area (Å²) in [7, 11) is 0. The Balaban J connectivity index is 1.35. The molecule has 0 saturated heterocycles. The maximum Gasteiger partial charge on any atom is 0.237 e. The molecule has 0 N–H and O–H groups in total. The Labute approximate surface area is 182 Å². The molecule has 0 amide bonds. The van der Waals surface area contributed by atoms with Crippen LogP contribution in [0.5, 0.6) is 5.88 Å². The molecule has 0 saturated carbocycles. The molecule has 5 rings (SSSR count). The van der Waals surface area contributed by atoms with Gasteiger partial charge in [0.25, 0.3) is 0 Å². The first-order valence-electron chi connectivity index (χ1n) is 10.9. The summed E-state index contributed by atoms with van der Waals surface area (Å²) in [6, 6.07) is 18.5. The van der Waals surface area contributed by atoms with Gasteiger partial charge in [-0.2, -0.15) is 4.98 Å². The van der Waals surface area contributed by atoms with Crippen molar-refractivity contribution in [2.24, 2.45) is 5.92 Å². The van der Waals surface area contributed by atoms with E-state index in [2.05, 4.69) is 34.7 Å². The molecule has 31 heavy (non-hydrogen) atoms. The smallest absolute Gasteiger partial charge is 0.237 e. The number of imidazole rings is 1. The Morgan fingerprint density at radius 1 is 1.03 bits per heavy atom. The topological polar surface area (TPSA) is 49.1 Å². The maximum absolute atomic E-state index is 13.3. The first-order valence-corrected chi connectivity index (χ1v) is 10.9. The molecule has 0 fully saturated rings. The van der Waals surface area contributed by atoms with Crippen molar-refractivity contribution in [3.63, 3.8) is 0 Å². The molecule has 2 aromatic heterocycles. The minimum atomic E-state index is -0.165. The molecule has 2 aromatic carbocycles. The van der Waals surface area contributed by atoms with E-state index in [9.17, 15) is 4.79 Å². The van der Waals surface area contributed by atoms with Crippen molar-refractivity contribution in [2.75, 3.05) is 6.61 Å². The zero-order valence-corrected chi connectivity index (χ0v) is 18.3. The minimum absolute atomic E-state index is 0.128. The van der Waals surface area contributed by atoms with Crippen molar-refractivity contribution in [1.29, 1.82) is 0 Å². The summed E-state index contributed by atoms with van der Waals surface area (Å²) in [4.78, 5) is 18.0. The van der Waals surface area contributed by atoms with Crippen molar-refractivity contribution in [3.8, 4) is 5.88 Å². The highest BCUT2D eigenvalue weighted by molar-refractivity contribution is 5.97. The zero-order chi connectivity index (χ0) is 21.5. The number of carbonyl (C=O) groups excluding carboxylic acids is 1. The average molecular weight is 414 g/mol. The molecule has 1 aliphatic rings. The van der Waals surface area contributed by atoms with Gasteiger partial charge in [0.15, 0.2) is 0 Å². The average Bonchev–Trinajstić information content (AvgIpc) is 3.23. The summed E-state index contributed by atoms with van der Waals surface area (Å²) >= 11 is 0. The van der Waals surface area contributed by atoms with E-state index in [1.165, 1.54) is 16.5 Å². The van der Waals surface area contributed by atoms with Gasteiger partial charge in [-0.05, 0) is 50.8 Å². The SMILES string of the molecule is Cc1c2n(c3ccccc13)C(=O)C(COc1nc(C)n(Cc3ccccc3)c1C)CC2. The Morgan fingerprint density at radius 3 is 2.58 bits per heavy atom. The van der Waals surface area contributed by atoms with Gasteiger partial charge in [0, 0.05) is 17.6 Å². The number of rotatable bonds is 5. The largest absolute Gasteiger partial charge is 0.476 e. The zero-order valence-electron chi connectivity index (χ0n) is 18.3. The molecule has 0 radical (unpaired) electrons. The van der Waals surface area contributed by atoms with Gasteiger partial charge in [-0.1, -0.05) is 48.5 Å². The van der Waals surface area contributed by atoms with Gasteiger partial charge < -0.3 is 9.30 Å². The number of benzene rings is 2. The number of hydrogen-bond acceptors (Lipinski definition) is 3. The van der Waals surface area contributed by atoms with Gasteiger partial charge in [-0.3, -0.25) is 9.36 Å². The van der Waals surface area contributed by atoms with Crippen LogP contribution >= 0.6 is 0 Å². The maximum atomic E-state index is 13.3. The van der Waals surface area contributed by atoms with Crippen LogP contribution in [0, 0.1) is 26.7 Å². The molecule has 0 spiro atoms. The third-order valence-corrected chi connectivity index (χ3v) is 6.52. The van der Waals surface area contributed by atoms with Gasteiger partial charge in [-0.15, -0.1) is 0 Å². The molecular formula is C26H27N3O2. The number of ether oxygens (including phenoxy) is 1. The third kappa shape index (κ3) is 3.34. The van der Waals surface area contributed by atoms with Crippen molar-refractivity contribution in [3.05, 3.63) is 82.9 Å². The second-order valence-corrected chi connectivity index (χ2v) is 8.43. The molecule has 1 aliphatic heterocycles. The second kappa shape index (κ2) is 7.73. The van der Waals surface area contributed by atoms with Crippen LogP contribution in [0.25, 0.3) is 10.9 Å². The molecule has 158 valence electrons. The molecule has 5 nitrogen and oxygen atoms in total. The summed E-state index contributed by atoms with van der Waals surface area (Å²) in [5.74, 6) is 1.51. The van der Waals surface area contributed by atoms with Crippen LogP contribution in [0.3, 0.4) is 0 Å². The minimum Gasteiger partial charge on any atom is -0.476 e. The predicted octanol–water partition coefficient (Wildman–Crippen LogP) is 5.09. The summed E-state index contributed by atoms with van der Waals surface area (Å²) in [6.45, 7) is 7.25. The Bertz CT molecular complexity index is 1270.